The summed E-state index contributed by atoms with van der Waals surface area (Å²) in [6.45, 7) is 4.34. The van der Waals surface area contributed by atoms with Gasteiger partial charge >= 0.3 is 0 Å². The normalized spacial score (nSPS) is 12.4. The maximum absolute atomic E-state index is 12.0. The molecule has 0 spiro atoms. The first-order valence-corrected chi connectivity index (χ1v) is 9.77. The van der Waals surface area contributed by atoms with Crippen LogP contribution in [0.4, 0.5) is 5.82 Å². The second-order valence-electron chi connectivity index (χ2n) is 7.25. The Morgan fingerprint density at radius 2 is 2.14 bits per heavy atom. The predicted molar refractivity (Wildman–Crippen MR) is 114 cm³/mol. The summed E-state index contributed by atoms with van der Waals surface area (Å²) >= 11 is 0. The standard InChI is InChI=1S/C21H25N7O/c1-5-12(2)21(29)23-10-13-7-6-8-15(25-13)16-9-14-18-17(24-11-28(18)4)20(22-3)27-19(14)26-16/h6-9,11-12H,5,10H2,1-4H3,(H,23,29)(H2,22,26,27). The molecule has 0 fully saturated rings. The monoisotopic (exact) mass is 391 g/mol. The number of aryl methyl sites for hydroxylation is 1. The van der Waals surface area contributed by atoms with Gasteiger partial charge in [-0.15, -0.1) is 0 Å². The summed E-state index contributed by atoms with van der Waals surface area (Å²) in [5.41, 5.74) is 5.12. The van der Waals surface area contributed by atoms with Gasteiger partial charge in [0.15, 0.2) is 5.82 Å². The van der Waals surface area contributed by atoms with E-state index in [1.165, 1.54) is 0 Å². The highest BCUT2D eigenvalue weighted by atomic mass is 16.1. The predicted octanol–water partition coefficient (Wildman–Crippen LogP) is 3.22. The summed E-state index contributed by atoms with van der Waals surface area (Å²) in [4.78, 5) is 29.3. The van der Waals surface area contributed by atoms with Gasteiger partial charge < -0.3 is 20.2 Å². The van der Waals surface area contributed by atoms with Crippen LogP contribution in [0.25, 0.3) is 33.5 Å². The number of amides is 1. The molecule has 0 aliphatic carbocycles. The number of nitrogens with one attached hydrogen (secondary N) is 3. The second-order valence-corrected chi connectivity index (χ2v) is 7.25. The van der Waals surface area contributed by atoms with E-state index >= 15 is 0 Å². The average molecular weight is 391 g/mol. The lowest BCUT2D eigenvalue weighted by molar-refractivity contribution is -0.124. The van der Waals surface area contributed by atoms with E-state index in [2.05, 4.69) is 31.7 Å². The van der Waals surface area contributed by atoms with Crippen LogP contribution in [0.2, 0.25) is 0 Å². The molecule has 4 aromatic rings. The molecular weight excluding hydrogens is 366 g/mol. The largest absolute Gasteiger partial charge is 0.371 e. The van der Waals surface area contributed by atoms with Crippen molar-refractivity contribution in [2.45, 2.75) is 26.8 Å². The van der Waals surface area contributed by atoms with Gasteiger partial charge in [-0.25, -0.2) is 15.0 Å². The number of carbonyl (C=O) groups excluding carboxylic acids is 1. The lowest BCUT2D eigenvalue weighted by Gasteiger charge is -2.10. The minimum absolute atomic E-state index is 0.000591. The Balaban J connectivity index is 1.69. The molecule has 8 heteroatoms. The van der Waals surface area contributed by atoms with Crippen molar-refractivity contribution in [1.82, 2.24) is 29.8 Å². The van der Waals surface area contributed by atoms with E-state index in [0.29, 0.717) is 6.54 Å². The molecule has 3 N–H and O–H groups in total. The van der Waals surface area contributed by atoms with Gasteiger partial charge in [0.05, 0.1) is 35.5 Å². The van der Waals surface area contributed by atoms with Crippen LogP contribution in [0.5, 0.6) is 0 Å². The van der Waals surface area contributed by atoms with Crippen molar-refractivity contribution in [2.24, 2.45) is 13.0 Å². The number of hydrogen-bond acceptors (Lipinski definition) is 5. The Morgan fingerprint density at radius 1 is 1.31 bits per heavy atom. The zero-order valence-electron chi connectivity index (χ0n) is 17.1. The van der Waals surface area contributed by atoms with Crippen molar-refractivity contribution in [2.75, 3.05) is 12.4 Å². The number of aromatic amines is 1. The highest BCUT2D eigenvalue weighted by Gasteiger charge is 2.16. The minimum Gasteiger partial charge on any atom is -0.371 e. The van der Waals surface area contributed by atoms with Gasteiger partial charge in [0, 0.05) is 25.4 Å². The molecule has 4 rings (SSSR count). The zero-order chi connectivity index (χ0) is 20.5. The summed E-state index contributed by atoms with van der Waals surface area (Å²) < 4.78 is 1.99. The van der Waals surface area contributed by atoms with Gasteiger partial charge in [0.1, 0.15) is 11.2 Å². The van der Waals surface area contributed by atoms with E-state index in [1.54, 1.807) is 6.33 Å². The lowest BCUT2D eigenvalue weighted by Crippen LogP contribution is -2.28. The highest BCUT2D eigenvalue weighted by Crippen LogP contribution is 2.31. The first-order chi connectivity index (χ1) is 14.0. The van der Waals surface area contributed by atoms with Crippen LogP contribution in [-0.4, -0.2) is 37.5 Å². The molecule has 29 heavy (non-hydrogen) atoms. The van der Waals surface area contributed by atoms with Gasteiger partial charge in [-0.2, -0.15) is 0 Å². The molecule has 0 aromatic carbocycles. The summed E-state index contributed by atoms with van der Waals surface area (Å²) in [5, 5.41) is 7.06. The third-order valence-electron chi connectivity index (χ3n) is 5.26. The van der Waals surface area contributed by atoms with Crippen LogP contribution in [0, 0.1) is 5.92 Å². The summed E-state index contributed by atoms with van der Waals surface area (Å²) in [7, 11) is 3.81. The van der Waals surface area contributed by atoms with E-state index in [4.69, 9.17) is 4.98 Å². The molecule has 0 radical (unpaired) electrons. The fraction of sp³-hybridized carbons (Fsp3) is 0.333. The molecule has 0 saturated heterocycles. The Morgan fingerprint density at radius 3 is 2.90 bits per heavy atom. The molecule has 8 nitrogen and oxygen atoms in total. The van der Waals surface area contributed by atoms with Gasteiger partial charge in [-0.3, -0.25) is 4.79 Å². The van der Waals surface area contributed by atoms with E-state index in [0.717, 1.165) is 51.4 Å². The van der Waals surface area contributed by atoms with E-state index in [-0.39, 0.29) is 11.8 Å². The number of pyridine rings is 2. The van der Waals surface area contributed by atoms with Crippen LogP contribution in [0.15, 0.2) is 30.6 Å². The first-order valence-electron chi connectivity index (χ1n) is 9.77. The molecule has 0 saturated carbocycles. The van der Waals surface area contributed by atoms with Crippen molar-refractivity contribution in [1.29, 1.82) is 0 Å². The SMILES string of the molecule is CCC(C)C(=O)NCc1cccc(-c2cc3c(nc(NC)c4ncn(C)c43)[nH]2)n1. The molecular formula is C21H25N7O. The quantitative estimate of drug-likeness (QED) is 0.469. The van der Waals surface area contributed by atoms with Crippen molar-refractivity contribution >= 4 is 33.8 Å². The zero-order valence-corrected chi connectivity index (χ0v) is 17.1. The molecule has 4 heterocycles. The Hall–Kier alpha value is -3.42. The van der Waals surface area contributed by atoms with Crippen LogP contribution >= 0.6 is 0 Å². The number of aromatic nitrogens is 5. The van der Waals surface area contributed by atoms with Crippen LogP contribution in [-0.2, 0) is 18.4 Å². The van der Waals surface area contributed by atoms with Crippen molar-refractivity contribution < 1.29 is 4.79 Å². The third kappa shape index (κ3) is 3.41. The van der Waals surface area contributed by atoms with E-state index < -0.39 is 0 Å². The number of carbonyl (C=O) groups is 1. The highest BCUT2D eigenvalue weighted by molar-refractivity contribution is 6.07. The van der Waals surface area contributed by atoms with Gasteiger partial charge in [-0.05, 0) is 24.6 Å². The summed E-state index contributed by atoms with van der Waals surface area (Å²) in [5.74, 6) is 0.782. The maximum atomic E-state index is 12.0. The number of imidazole rings is 1. The molecule has 0 aliphatic heterocycles. The van der Waals surface area contributed by atoms with Gasteiger partial charge in [-0.1, -0.05) is 19.9 Å². The van der Waals surface area contributed by atoms with Crippen LogP contribution in [0.3, 0.4) is 0 Å². The lowest BCUT2D eigenvalue weighted by atomic mass is 10.1. The number of H-pyrrole nitrogens is 1. The molecule has 1 unspecified atom stereocenters. The summed E-state index contributed by atoms with van der Waals surface area (Å²) in [6.07, 6.45) is 2.61. The van der Waals surface area contributed by atoms with E-state index in [1.807, 2.05) is 50.7 Å². The van der Waals surface area contributed by atoms with Crippen molar-refractivity contribution in [3.63, 3.8) is 0 Å². The van der Waals surface area contributed by atoms with Gasteiger partial charge in [0.2, 0.25) is 5.91 Å². The van der Waals surface area contributed by atoms with Crippen molar-refractivity contribution in [3.8, 4) is 11.4 Å². The first kappa shape index (κ1) is 18.9. The van der Waals surface area contributed by atoms with Crippen molar-refractivity contribution in [3.05, 3.63) is 36.3 Å². The topological polar surface area (TPSA) is 101 Å². The Bertz CT molecular complexity index is 1190. The fourth-order valence-electron chi connectivity index (χ4n) is 3.38. The number of rotatable bonds is 6. The smallest absolute Gasteiger partial charge is 0.223 e. The minimum atomic E-state index is 0.000591. The van der Waals surface area contributed by atoms with Gasteiger partial charge in [0.25, 0.3) is 0 Å². The third-order valence-corrected chi connectivity index (χ3v) is 5.26. The molecule has 150 valence electrons. The second kappa shape index (κ2) is 7.54. The molecule has 4 aromatic heterocycles. The number of fused-ring (bicyclic) bond motifs is 3. The van der Waals surface area contributed by atoms with E-state index in [9.17, 15) is 4.79 Å². The fourth-order valence-corrected chi connectivity index (χ4v) is 3.38. The number of nitrogens with zero attached hydrogens (tertiary/aromatic N) is 4. The molecule has 1 amide bonds. The number of anilines is 1. The molecule has 0 bridgehead atoms. The van der Waals surface area contributed by atoms with Crippen LogP contribution in [0.1, 0.15) is 26.0 Å². The Labute approximate surface area is 168 Å². The molecule has 0 aliphatic rings. The average Bonchev–Trinajstić information content (AvgIpc) is 3.34. The van der Waals surface area contributed by atoms with Crippen LogP contribution < -0.4 is 10.6 Å². The maximum Gasteiger partial charge on any atom is 0.223 e. The number of hydrogen-bond donors (Lipinski definition) is 3. The molecule has 1 atom stereocenters. The Kier molecular flexibility index (Phi) is 4.92. The summed E-state index contributed by atoms with van der Waals surface area (Å²) in [6, 6.07) is 7.87.